The molecule has 1 amide bonds. The molecule has 5 rings (SSSR count). The molecule has 0 bridgehead atoms. The molecule has 1 aromatic rings. The van der Waals surface area contributed by atoms with Crippen LogP contribution in [0.3, 0.4) is 0 Å². The van der Waals surface area contributed by atoms with Crippen LogP contribution in [0.5, 0.6) is 0 Å². The van der Waals surface area contributed by atoms with Crippen LogP contribution < -0.4 is 0 Å². The van der Waals surface area contributed by atoms with E-state index in [4.69, 9.17) is 4.74 Å². The zero-order chi connectivity index (χ0) is 18.3. The zero-order valence-corrected chi connectivity index (χ0v) is 16.5. The molecule has 140 valence electrons. The number of carbonyl (C=O) groups is 1. The van der Waals surface area contributed by atoms with Gasteiger partial charge in [0.25, 0.3) is 0 Å². The highest BCUT2D eigenvalue weighted by Crippen LogP contribution is 2.57. The van der Waals surface area contributed by atoms with Crippen molar-refractivity contribution >= 4 is 5.91 Å². The fourth-order valence-electron chi connectivity index (χ4n) is 6.56. The van der Waals surface area contributed by atoms with Crippen LogP contribution in [0.25, 0.3) is 0 Å². The van der Waals surface area contributed by atoms with Gasteiger partial charge in [0, 0.05) is 16.9 Å². The molecule has 0 N–H and O–H groups in total. The van der Waals surface area contributed by atoms with E-state index in [2.05, 4.69) is 56.9 Å². The molecule has 4 aliphatic rings. The van der Waals surface area contributed by atoms with Crippen LogP contribution in [0.4, 0.5) is 0 Å². The van der Waals surface area contributed by atoms with Crippen molar-refractivity contribution in [2.45, 2.75) is 77.7 Å². The standard InChI is InChI=1S/C23H31NO2/c1-14-9-10-17-19(11-14)26-21-23(4)13-16-8-6-5-7-15(16)12-18(23)20(25)24(21)22(17,2)3/h5-8,14,17-19,21H,9-13H2,1-4H3/t14-,17-,18+,19-,21+,23-/m1/s1. The summed E-state index contributed by atoms with van der Waals surface area (Å²) in [4.78, 5) is 15.8. The fourth-order valence-corrected chi connectivity index (χ4v) is 6.56. The SMILES string of the molecule is C[C@@H]1CC[C@@H]2[C@@H](C1)O[C@@H]1N(C(=O)[C@@H]3Cc4ccccc4C[C@@]13C)C2(C)C. The molecule has 1 saturated carbocycles. The molecule has 2 aliphatic heterocycles. The lowest BCUT2D eigenvalue weighted by Gasteiger charge is -2.57. The predicted octanol–water partition coefficient (Wildman–Crippen LogP) is 4.19. The van der Waals surface area contributed by atoms with Crippen LogP contribution in [-0.4, -0.2) is 28.7 Å². The Morgan fingerprint density at radius 3 is 2.62 bits per heavy atom. The van der Waals surface area contributed by atoms with Crippen molar-refractivity contribution in [3.05, 3.63) is 35.4 Å². The number of fused-ring (bicyclic) bond motifs is 5. The Bertz CT molecular complexity index is 756. The van der Waals surface area contributed by atoms with Gasteiger partial charge in [0.1, 0.15) is 6.23 Å². The molecule has 0 unspecified atom stereocenters. The molecule has 2 heterocycles. The monoisotopic (exact) mass is 353 g/mol. The van der Waals surface area contributed by atoms with E-state index in [1.165, 1.54) is 24.0 Å². The summed E-state index contributed by atoms with van der Waals surface area (Å²) >= 11 is 0. The zero-order valence-electron chi connectivity index (χ0n) is 16.5. The van der Waals surface area contributed by atoms with E-state index in [0.29, 0.717) is 17.9 Å². The molecule has 3 nitrogen and oxygen atoms in total. The third-order valence-electron chi connectivity index (χ3n) is 8.13. The average Bonchev–Trinajstić information content (AvgIpc) is 2.80. The van der Waals surface area contributed by atoms with E-state index in [1.807, 2.05) is 0 Å². The van der Waals surface area contributed by atoms with Crippen molar-refractivity contribution in [1.29, 1.82) is 0 Å². The van der Waals surface area contributed by atoms with Crippen LogP contribution in [-0.2, 0) is 22.4 Å². The van der Waals surface area contributed by atoms with E-state index in [9.17, 15) is 4.79 Å². The van der Waals surface area contributed by atoms with Crippen molar-refractivity contribution in [3.8, 4) is 0 Å². The largest absolute Gasteiger partial charge is 0.354 e. The second-order valence-electron chi connectivity index (χ2n) is 10.1. The number of nitrogens with zero attached hydrogens (tertiary/aromatic N) is 1. The Morgan fingerprint density at radius 1 is 1.12 bits per heavy atom. The minimum atomic E-state index is -0.117. The maximum Gasteiger partial charge on any atom is 0.229 e. The smallest absolute Gasteiger partial charge is 0.229 e. The molecular weight excluding hydrogens is 322 g/mol. The van der Waals surface area contributed by atoms with Crippen LogP contribution >= 0.6 is 0 Å². The summed E-state index contributed by atoms with van der Waals surface area (Å²) in [6.45, 7) is 9.24. The van der Waals surface area contributed by atoms with E-state index in [-0.39, 0.29) is 23.1 Å². The van der Waals surface area contributed by atoms with Crippen LogP contribution in [0, 0.1) is 23.2 Å². The molecular formula is C23H31NO2. The first kappa shape index (κ1) is 16.8. The number of carbonyl (C=O) groups excluding carboxylic acids is 1. The summed E-state index contributed by atoms with van der Waals surface area (Å²) in [6, 6.07) is 8.67. The fraction of sp³-hybridized carbons (Fsp3) is 0.696. The Balaban J connectivity index is 1.57. The van der Waals surface area contributed by atoms with Gasteiger partial charge in [0.05, 0.1) is 12.0 Å². The molecule has 2 saturated heterocycles. The topological polar surface area (TPSA) is 29.5 Å². The lowest BCUT2D eigenvalue weighted by Crippen LogP contribution is -2.65. The van der Waals surface area contributed by atoms with Crippen molar-refractivity contribution in [2.24, 2.45) is 23.2 Å². The Morgan fingerprint density at radius 2 is 1.85 bits per heavy atom. The first-order valence-corrected chi connectivity index (χ1v) is 10.4. The van der Waals surface area contributed by atoms with Gasteiger partial charge < -0.3 is 9.64 Å². The summed E-state index contributed by atoms with van der Waals surface area (Å²) in [7, 11) is 0. The Labute approximate surface area is 157 Å². The lowest BCUT2D eigenvalue weighted by molar-refractivity contribution is -0.241. The second-order valence-corrected chi connectivity index (χ2v) is 10.1. The van der Waals surface area contributed by atoms with Gasteiger partial charge in [-0.1, -0.05) is 44.5 Å². The van der Waals surface area contributed by atoms with Gasteiger partial charge >= 0.3 is 0 Å². The highest BCUT2D eigenvalue weighted by molar-refractivity contribution is 5.84. The number of hydrogen-bond donors (Lipinski definition) is 0. The van der Waals surface area contributed by atoms with Gasteiger partial charge in [-0.25, -0.2) is 0 Å². The summed E-state index contributed by atoms with van der Waals surface area (Å²) in [5.41, 5.74) is 2.53. The summed E-state index contributed by atoms with van der Waals surface area (Å²) in [5.74, 6) is 1.57. The molecule has 2 aliphatic carbocycles. The number of rotatable bonds is 0. The molecule has 0 aromatic heterocycles. The molecule has 0 radical (unpaired) electrons. The molecule has 3 fully saturated rings. The summed E-state index contributed by atoms with van der Waals surface area (Å²) < 4.78 is 6.78. The van der Waals surface area contributed by atoms with Gasteiger partial charge in [-0.05, 0) is 56.6 Å². The van der Waals surface area contributed by atoms with Gasteiger partial charge in [0.15, 0.2) is 0 Å². The Kier molecular flexibility index (Phi) is 3.45. The van der Waals surface area contributed by atoms with Crippen LogP contribution in [0.1, 0.15) is 58.1 Å². The minimum Gasteiger partial charge on any atom is -0.354 e. The van der Waals surface area contributed by atoms with Crippen molar-refractivity contribution in [2.75, 3.05) is 0 Å². The normalized spacial score (nSPS) is 43.3. The quantitative estimate of drug-likeness (QED) is 0.700. The van der Waals surface area contributed by atoms with Crippen molar-refractivity contribution in [3.63, 3.8) is 0 Å². The van der Waals surface area contributed by atoms with Crippen molar-refractivity contribution < 1.29 is 9.53 Å². The number of amides is 1. The average molecular weight is 354 g/mol. The highest BCUT2D eigenvalue weighted by atomic mass is 16.5. The van der Waals surface area contributed by atoms with E-state index >= 15 is 0 Å². The maximum absolute atomic E-state index is 13.6. The van der Waals surface area contributed by atoms with E-state index in [0.717, 1.165) is 25.2 Å². The second kappa shape index (κ2) is 5.34. The Hall–Kier alpha value is -1.35. The molecule has 0 spiro atoms. The molecule has 26 heavy (non-hydrogen) atoms. The van der Waals surface area contributed by atoms with Gasteiger partial charge in [-0.2, -0.15) is 0 Å². The summed E-state index contributed by atoms with van der Waals surface area (Å²) in [5, 5.41) is 0. The molecule has 3 heteroatoms. The van der Waals surface area contributed by atoms with Gasteiger partial charge in [-0.15, -0.1) is 0 Å². The van der Waals surface area contributed by atoms with Crippen LogP contribution in [0.2, 0.25) is 0 Å². The maximum atomic E-state index is 13.6. The first-order valence-electron chi connectivity index (χ1n) is 10.4. The molecule has 6 atom stereocenters. The van der Waals surface area contributed by atoms with E-state index in [1.54, 1.807) is 0 Å². The predicted molar refractivity (Wildman–Crippen MR) is 102 cm³/mol. The third kappa shape index (κ3) is 2.07. The van der Waals surface area contributed by atoms with Gasteiger partial charge in [0.2, 0.25) is 5.91 Å². The minimum absolute atomic E-state index is 0.0549. The van der Waals surface area contributed by atoms with Crippen LogP contribution in [0.15, 0.2) is 24.3 Å². The van der Waals surface area contributed by atoms with Crippen molar-refractivity contribution in [1.82, 2.24) is 4.90 Å². The van der Waals surface area contributed by atoms with E-state index < -0.39 is 0 Å². The number of hydrogen-bond acceptors (Lipinski definition) is 2. The highest BCUT2D eigenvalue weighted by Gasteiger charge is 2.66. The third-order valence-corrected chi connectivity index (χ3v) is 8.13. The number of benzene rings is 1. The molecule has 1 aromatic carbocycles. The lowest BCUT2D eigenvalue weighted by atomic mass is 9.65. The first-order chi connectivity index (χ1) is 12.3. The van der Waals surface area contributed by atoms with Gasteiger partial charge in [-0.3, -0.25) is 4.79 Å². The summed E-state index contributed by atoms with van der Waals surface area (Å²) in [6.07, 6.45) is 5.62. The number of ether oxygens (including phenoxy) is 1.